The van der Waals surface area contributed by atoms with Crippen molar-refractivity contribution >= 4 is 10.0 Å². The fraction of sp³-hybridized carbons (Fsp3) is 0.286. The minimum absolute atomic E-state index is 0. The van der Waals surface area contributed by atoms with Gasteiger partial charge in [-0.3, -0.25) is 4.98 Å². The van der Waals surface area contributed by atoms with Gasteiger partial charge in [0.15, 0.2) is 0 Å². The van der Waals surface area contributed by atoms with Crippen LogP contribution in [0.4, 0.5) is 0 Å². The molecule has 68 valence electrons. The second-order valence-electron chi connectivity index (χ2n) is 2.44. The van der Waals surface area contributed by atoms with Crippen LogP contribution in [0.15, 0.2) is 24.4 Å². The molecule has 0 unspecified atom stereocenters. The molecule has 13 heavy (non-hydrogen) atoms. The number of aromatic nitrogens is 1. The van der Waals surface area contributed by atoms with Crippen LogP contribution in [-0.2, 0) is 16.4 Å². The summed E-state index contributed by atoms with van der Waals surface area (Å²) in [4.78, 5) is 3.96. The van der Waals surface area contributed by atoms with E-state index in [4.69, 9.17) is 5.14 Å². The van der Waals surface area contributed by atoms with Crippen LogP contribution < -0.4 is 56.5 Å². The van der Waals surface area contributed by atoms with Crippen LogP contribution in [-0.4, -0.2) is 19.2 Å². The van der Waals surface area contributed by atoms with E-state index in [0.717, 1.165) is 5.69 Å². The molecule has 6 heteroatoms. The first kappa shape index (κ1) is 13.7. The molecule has 0 bridgehead atoms. The molecule has 0 aliphatic rings. The Morgan fingerprint density at radius 2 is 2.15 bits per heavy atom. The summed E-state index contributed by atoms with van der Waals surface area (Å²) in [5, 5.41) is 4.83. The molecule has 0 atom stereocenters. The van der Waals surface area contributed by atoms with Gasteiger partial charge >= 0.3 is 51.4 Å². The first-order valence-electron chi connectivity index (χ1n) is 3.48. The normalized spacial score (nSPS) is 10.5. The van der Waals surface area contributed by atoms with Gasteiger partial charge in [-0.1, -0.05) is 6.07 Å². The second-order valence-corrected chi connectivity index (χ2v) is 4.17. The van der Waals surface area contributed by atoms with Crippen LogP contribution in [0.5, 0.6) is 0 Å². The van der Waals surface area contributed by atoms with Gasteiger partial charge in [-0.05, 0) is 12.1 Å². The zero-order valence-corrected chi connectivity index (χ0v) is 11.4. The summed E-state index contributed by atoms with van der Waals surface area (Å²) in [6, 6.07) is 5.36. The van der Waals surface area contributed by atoms with Crippen LogP contribution in [0.1, 0.15) is 7.12 Å². The van der Waals surface area contributed by atoms with Gasteiger partial charge in [-0.25, -0.2) is 13.6 Å². The molecule has 4 nitrogen and oxygen atoms in total. The number of aryl methyl sites for hydroxylation is 1. The zero-order valence-electron chi connectivity index (χ0n) is 8.47. The average Bonchev–Trinajstić information content (AvgIpc) is 2.02. The molecule has 0 aliphatic heterocycles. The number of hydrogen-bond donors (Lipinski definition) is 1. The van der Waals surface area contributed by atoms with Crippen molar-refractivity contribution in [1.82, 2.24) is 4.98 Å². The Kier molecular flexibility index (Phi) is 6.56. The van der Waals surface area contributed by atoms with Crippen molar-refractivity contribution in [3.05, 3.63) is 30.1 Å². The van der Waals surface area contributed by atoms with Gasteiger partial charge in [-0.15, -0.1) is 0 Å². The van der Waals surface area contributed by atoms with E-state index in [1.165, 1.54) is 0 Å². The summed E-state index contributed by atoms with van der Waals surface area (Å²) >= 11 is 0. The standard InChI is InChI=1S/C7H10N2O2S.K.H/c8-12(10,11)6-4-7-3-1-2-5-9-7;;/h1-3,5H,4,6H2,(H2,8,10,11);;/q;+1;-1. The zero-order chi connectivity index (χ0) is 9.03. The van der Waals surface area contributed by atoms with Crippen molar-refractivity contribution in [3.8, 4) is 0 Å². The second kappa shape index (κ2) is 6.23. The summed E-state index contributed by atoms with van der Waals surface area (Å²) in [5.41, 5.74) is 0.742. The monoisotopic (exact) mass is 226 g/mol. The van der Waals surface area contributed by atoms with Crippen LogP contribution >= 0.6 is 0 Å². The Balaban J connectivity index is 0. The van der Waals surface area contributed by atoms with Gasteiger partial charge in [0, 0.05) is 18.3 Å². The summed E-state index contributed by atoms with van der Waals surface area (Å²) in [5.74, 6) is -0.0516. The van der Waals surface area contributed by atoms with E-state index in [1.54, 1.807) is 18.3 Å². The largest absolute Gasteiger partial charge is 1.00 e. The molecule has 0 spiro atoms. The first-order chi connectivity index (χ1) is 5.58. The van der Waals surface area contributed by atoms with Crippen molar-refractivity contribution < 1.29 is 61.2 Å². The van der Waals surface area contributed by atoms with E-state index in [0.29, 0.717) is 6.42 Å². The molecule has 0 radical (unpaired) electrons. The van der Waals surface area contributed by atoms with Gasteiger partial charge in [0.1, 0.15) is 0 Å². The maximum Gasteiger partial charge on any atom is 1.00 e. The maximum absolute atomic E-state index is 10.6. The molecule has 0 fully saturated rings. The fourth-order valence-electron chi connectivity index (χ4n) is 0.793. The van der Waals surface area contributed by atoms with Crippen molar-refractivity contribution in [1.29, 1.82) is 0 Å². The minimum atomic E-state index is -3.36. The molecule has 0 amide bonds. The molecule has 0 saturated carbocycles. The first-order valence-corrected chi connectivity index (χ1v) is 5.20. The number of hydrogen-bond acceptors (Lipinski definition) is 3. The van der Waals surface area contributed by atoms with Gasteiger partial charge in [0.25, 0.3) is 0 Å². The SMILES string of the molecule is NS(=O)(=O)CCc1ccccn1.[H-].[K+]. The third-order valence-corrected chi connectivity index (χ3v) is 2.14. The quantitative estimate of drug-likeness (QED) is 0.559. The van der Waals surface area contributed by atoms with Crippen molar-refractivity contribution in [2.45, 2.75) is 6.42 Å². The summed E-state index contributed by atoms with van der Waals surface area (Å²) in [6.07, 6.45) is 2.00. The third-order valence-electron chi connectivity index (χ3n) is 1.37. The summed E-state index contributed by atoms with van der Waals surface area (Å²) < 4.78 is 21.1. The molecular weight excluding hydrogens is 215 g/mol. The smallest absolute Gasteiger partial charge is 1.00 e. The molecule has 1 heterocycles. The van der Waals surface area contributed by atoms with Gasteiger partial charge in [0.2, 0.25) is 10.0 Å². The van der Waals surface area contributed by atoms with Gasteiger partial charge < -0.3 is 1.43 Å². The van der Waals surface area contributed by atoms with Gasteiger partial charge in [0.05, 0.1) is 5.75 Å². The molecule has 0 aliphatic carbocycles. The molecular formula is C7H11KN2O2S. The molecule has 1 aromatic heterocycles. The summed E-state index contributed by atoms with van der Waals surface area (Å²) in [7, 11) is -3.36. The number of pyridine rings is 1. The Hall–Kier alpha value is 0.696. The van der Waals surface area contributed by atoms with E-state index in [1.807, 2.05) is 6.07 Å². The number of rotatable bonds is 3. The van der Waals surface area contributed by atoms with Crippen LogP contribution in [0.3, 0.4) is 0 Å². The molecule has 1 rings (SSSR count). The van der Waals surface area contributed by atoms with E-state index in [9.17, 15) is 8.42 Å². The van der Waals surface area contributed by atoms with Crippen LogP contribution in [0, 0.1) is 0 Å². The van der Waals surface area contributed by atoms with Crippen molar-refractivity contribution in [3.63, 3.8) is 0 Å². The Bertz CT molecular complexity index is 344. The third kappa shape index (κ3) is 6.73. The average molecular weight is 226 g/mol. The number of nitrogens with zero attached hydrogens (tertiary/aromatic N) is 1. The van der Waals surface area contributed by atoms with E-state index < -0.39 is 10.0 Å². The predicted octanol–water partition coefficient (Wildman–Crippen LogP) is -2.97. The van der Waals surface area contributed by atoms with Crippen LogP contribution in [0.25, 0.3) is 0 Å². The fourth-order valence-corrected chi connectivity index (χ4v) is 1.29. The Labute approximate surface area is 122 Å². The van der Waals surface area contributed by atoms with E-state index in [2.05, 4.69) is 4.98 Å². The van der Waals surface area contributed by atoms with E-state index in [-0.39, 0.29) is 58.6 Å². The van der Waals surface area contributed by atoms with Crippen molar-refractivity contribution in [2.75, 3.05) is 5.75 Å². The number of nitrogens with two attached hydrogens (primary N) is 1. The molecule has 0 aromatic carbocycles. The predicted molar refractivity (Wildman–Crippen MR) is 47.0 cm³/mol. The number of sulfonamides is 1. The maximum atomic E-state index is 10.6. The minimum Gasteiger partial charge on any atom is -1.00 e. The van der Waals surface area contributed by atoms with E-state index >= 15 is 0 Å². The van der Waals surface area contributed by atoms with Crippen molar-refractivity contribution in [2.24, 2.45) is 5.14 Å². The molecule has 2 N–H and O–H groups in total. The summed E-state index contributed by atoms with van der Waals surface area (Å²) in [6.45, 7) is 0. The molecule has 0 saturated heterocycles. The Morgan fingerprint density at radius 1 is 1.46 bits per heavy atom. The molecule has 1 aromatic rings. The van der Waals surface area contributed by atoms with Gasteiger partial charge in [-0.2, -0.15) is 0 Å². The topological polar surface area (TPSA) is 73.1 Å². The van der Waals surface area contributed by atoms with Crippen LogP contribution in [0.2, 0.25) is 0 Å². The number of primary sulfonamides is 1. The Morgan fingerprint density at radius 3 is 2.62 bits per heavy atom.